The molecule has 0 aromatic rings. The number of hydrogen-bond acceptors (Lipinski definition) is 3. The van der Waals surface area contributed by atoms with Crippen molar-refractivity contribution in [3.8, 4) is 0 Å². The van der Waals surface area contributed by atoms with E-state index in [-0.39, 0.29) is 18.1 Å². The van der Waals surface area contributed by atoms with Crippen LogP contribution in [0.2, 0.25) is 0 Å². The lowest BCUT2D eigenvalue weighted by Crippen LogP contribution is -2.44. The van der Waals surface area contributed by atoms with Gasteiger partial charge in [0.05, 0.1) is 0 Å². The van der Waals surface area contributed by atoms with Crippen molar-refractivity contribution in [1.29, 1.82) is 0 Å². The van der Waals surface area contributed by atoms with Crippen LogP contribution in [0.1, 0.15) is 46.5 Å². The number of carbonyl (C=O) groups is 1. The molecule has 0 aromatic carbocycles. The van der Waals surface area contributed by atoms with Crippen LogP contribution in [0, 0.1) is 11.8 Å². The first kappa shape index (κ1) is 14.5. The SMILES string of the molecule is CC(C)C(C)C(C(=O)OC1CCCC1)N(C)C. The summed E-state index contributed by atoms with van der Waals surface area (Å²) in [5.41, 5.74) is 0. The zero-order valence-corrected chi connectivity index (χ0v) is 11.9. The number of nitrogens with zero attached hydrogens (tertiary/aromatic N) is 1. The Hall–Kier alpha value is -0.570. The third-order valence-corrected chi connectivity index (χ3v) is 3.93. The number of rotatable bonds is 5. The quantitative estimate of drug-likeness (QED) is 0.693. The molecular formula is C14H27NO2. The zero-order chi connectivity index (χ0) is 13.0. The van der Waals surface area contributed by atoms with E-state index >= 15 is 0 Å². The maximum atomic E-state index is 12.2. The van der Waals surface area contributed by atoms with Gasteiger partial charge in [-0.2, -0.15) is 0 Å². The lowest BCUT2D eigenvalue weighted by Gasteiger charge is -2.31. The van der Waals surface area contributed by atoms with E-state index in [1.165, 1.54) is 12.8 Å². The molecule has 0 saturated heterocycles. The second-order valence-corrected chi connectivity index (χ2v) is 5.85. The van der Waals surface area contributed by atoms with Crippen molar-refractivity contribution in [2.75, 3.05) is 14.1 Å². The molecule has 0 amide bonds. The predicted molar refractivity (Wildman–Crippen MR) is 69.8 cm³/mol. The molecule has 3 nitrogen and oxygen atoms in total. The number of hydrogen-bond donors (Lipinski definition) is 0. The van der Waals surface area contributed by atoms with Crippen molar-refractivity contribution in [3.63, 3.8) is 0 Å². The van der Waals surface area contributed by atoms with E-state index in [9.17, 15) is 4.79 Å². The van der Waals surface area contributed by atoms with E-state index in [2.05, 4.69) is 20.8 Å². The number of esters is 1. The summed E-state index contributed by atoms with van der Waals surface area (Å²) in [6, 6.07) is -0.115. The van der Waals surface area contributed by atoms with Gasteiger partial charge in [0.1, 0.15) is 12.1 Å². The smallest absolute Gasteiger partial charge is 0.323 e. The molecule has 0 N–H and O–H groups in total. The largest absolute Gasteiger partial charge is 0.461 e. The third kappa shape index (κ3) is 3.98. The second kappa shape index (κ2) is 6.39. The average Bonchev–Trinajstić information content (AvgIpc) is 2.69. The number of carbonyl (C=O) groups excluding carboxylic acids is 1. The standard InChI is InChI=1S/C14H27NO2/c1-10(2)11(3)13(15(4)5)14(16)17-12-8-6-7-9-12/h10-13H,6-9H2,1-5H3. The van der Waals surface area contributed by atoms with Crippen LogP contribution >= 0.6 is 0 Å². The molecule has 2 unspecified atom stereocenters. The maximum Gasteiger partial charge on any atom is 0.323 e. The fraction of sp³-hybridized carbons (Fsp3) is 0.929. The molecule has 0 bridgehead atoms. The van der Waals surface area contributed by atoms with Crippen LogP contribution < -0.4 is 0 Å². The molecular weight excluding hydrogens is 214 g/mol. The lowest BCUT2D eigenvalue weighted by atomic mass is 9.89. The van der Waals surface area contributed by atoms with Crippen molar-refractivity contribution in [2.24, 2.45) is 11.8 Å². The Morgan fingerprint density at radius 2 is 1.71 bits per heavy atom. The Bertz CT molecular complexity index is 245. The highest BCUT2D eigenvalue weighted by Crippen LogP contribution is 2.24. The van der Waals surface area contributed by atoms with E-state index in [4.69, 9.17) is 4.74 Å². The van der Waals surface area contributed by atoms with Crippen LogP contribution in [0.15, 0.2) is 0 Å². The van der Waals surface area contributed by atoms with Crippen LogP contribution in [0.5, 0.6) is 0 Å². The van der Waals surface area contributed by atoms with Crippen molar-refractivity contribution in [1.82, 2.24) is 4.90 Å². The molecule has 1 aliphatic carbocycles. The molecule has 0 heterocycles. The first-order valence-corrected chi connectivity index (χ1v) is 6.80. The Labute approximate surface area is 106 Å². The van der Waals surface area contributed by atoms with Crippen LogP contribution in [0.3, 0.4) is 0 Å². The Balaban J connectivity index is 2.59. The first-order valence-electron chi connectivity index (χ1n) is 6.80. The van der Waals surface area contributed by atoms with Gasteiger partial charge in [-0.3, -0.25) is 9.69 Å². The van der Waals surface area contributed by atoms with Gasteiger partial charge in [0.15, 0.2) is 0 Å². The van der Waals surface area contributed by atoms with E-state index in [1.807, 2.05) is 19.0 Å². The van der Waals surface area contributed by atoms with Gasteiger partial charge in [-0.25, -0.2) is 0 Å². The number of likely N-dealkylation sites (N-methyl/N-ethyl adjacent to an activating group) is 1. The van der Waals surface area contributed by atoms with Gasteiger partial charge in [-0.15, -0.1) is 0 Å². The van der Waals surface area contributed by atoms with Crippen molar-refractivity contribution < 1.29 is 9.53 Å². The van der Waals surface area contributed by atoms with Gasteiger partial charge in [0.25, 0.3) is 0 Å². The average molecular weight is 241 g/mol. The van der Waals surface area contributed by atoms with Crippen LogP contribution in [0.25, 0.3) is 0 Å². The fourth-order valence-electron chi connectivity index (χ4n) is 2.50. The molecule has 0 spiro atoms. The summed E-state index contributed by atoms with van der Waals surface area (Å²) in [5, 5.41) is 0. The third-order valence-electron chi connectivity index (χ3n) is 3.93. The summed E-state index contributed by atoms with van der Waals surface area (Å²) >= 11 is 0. The lowest BCUT2D eigenvalue weighted by molar-refractivity contribution is -0.156. The van der Waals surface area contributed by atoms with Gasteiger partial charge in [-0.05, 0) is 51.6 Å². The summed E-state index contributed by atoms with van der Waals surface area (Å²) in [7, 11) is 3.92. The molecule has 1 rings (SSSR count). The summed E-state index contributed by atoms with van der Waals surface area (Å²) in [4.78, 5) is 14.2. The van der Waals surface area contributed by atoms with Crippen molar-refractivity contribution in [2.45, 2.75) is 58.6 Å². The fourth-order valence-corrected chi connectivity index (χ4v) is 2.50. The molecule has 100 valence electrons. The monoisotopic (exact) mass is 241 g/mol. The van der Waals surface area contributed by atoms with Crippen LogP contribution in [0.4, 0.5) is 0 Å². The topological polar surface area (TPSA) is 29.5 Å². The molecule has 0 aromatic heterocycles. The minimum atomic E-state index is -0.115. The molecule has 2 atom stereocenters. The van der Waals surface area contributed by atoms with Gasteiger partial charge in [0, 0.05) is 0 Å². The molecule has 1 fully saturated rings. The minimum Gasteiger partial charge on any atom is -0.461 e. The second-order valence-electron chi connectivity index (χ2n) is 5.85. The predicted octanol–water partition coefficient (Wildman–Crippen LogP) is 2.69. The minimum absolute atomic E-state index is 0.0388. The van der Waals surface area contributed by atoms with E-state index in [0.29, 0.717) is 11.8 Å². The first-order chi connectivity index (χ1) is 7.93. The highest BCUT2D eigenvalue weighted by Gasteiger charge is 2.32. The van der Waals surface area contributed by atoms with Gasteiger partial charge < -0.3 is 4.74 Å². The number of ether oxygens (including phenoxy) is 1. The zero-order valence-electron chi connectivity index (χ0n) is 11.9. The molecule has 0 aliphatic heterocycles. The Morgan fingerprint density at radius 3 is 2.12 bits per heavy atom. The van der Waals surface area contributed by atoms with Crippen LogP contribution in [-0.4, -0.2) is 37.1 Å². The van der Waals surface area contributed by atoms with Gasteiger partial charge in [0.2, 0.25) is 0 Å². The maximum absolute atomic E-state index is 12.2. The highest BCUT2D eigenvalue weighted by molar-refractivity contribution is 5.76. The highest BCUT2D eigenvalue weighted by atomic mass is 16.5. The normalized spacial score (nSPS) is 20.9. The molecule has 3 heteroatoms. The van der Waals surface area contributed by atoms with Gasteiger partial charge >= 0.3 is 5.97 Å². The summed E-state index contributed by atoms with van der Waals surface area (Å²) in [6.45, 7) is 6.44. The molecule has 1 saturated carbocycles. The van der Waals surface area contributed by atoms with E-state index in [1.54, 1.807) is 0 Å². The van der Waals surface area contributed by atoms with E-state index in [0.717, 1.165) is 12.8 Å². The Morgan fingerprint density at radius 1 is 1.18 bits per heavy atom. The molecule has 0 radical (unpaired) electrons. The summed E-state index contributed by atoms with van der Waals surface area (Å²) < 4.78 is 5.63. The van der Waals surface area contributed by atoms with Crippen LogP contribution in [-0.2, 0) is 9.53 Å². The Kier molecular flexibility index (Phi) is 5.44. The van der Waals surface area contributed by atoms with Crippen molar-refractivity contribution >= 4 is 5.97 Å². The summed E-state index contributed by atoms with van der Waals surface area (Å²) in [6.07, 6.45) is 4.66. The van der Waals surface area contributed by atoms with E-state index < -0.39 is 0 Å². The summed E-state index contributed by atoms with van der Waals surface area (Å²) in [5.74, 6) is 0.764. The molecule has 17 heavy (non-hydrogen) atoms. The van der Waals surface area contributed by atoms with Gasteiger partial charge in [-0.1, -0.05) is 20.8 Å². The van der Waals surface area contributed by atoms with Crippen molar-refractivity contribution in [3.05, 3.63) is 0 Å². The molecule has 1 aliphatic rings.